The Morgan fingerprint density at radius 1 is 1.44 bits per heavy atom. The first-order chi connectivity index (χ1) is 13.0. The molecule has 134 valence electrons. The van der Waals surface area contributed by atoms with Crippen LogP contribution in [-0.2, 0) is 7.05 Å². The van der Waals surface area contributed by atoms with Crippen molar-refractivity contribution < 1.29 is 19.1 Å². The lowest BCUT2D eigenvalue weighted by atomic mass is 10.0. The largest absolute Gasteiger partial charge is 0.539 e. The Kier molecular flexibility index (Phi) is 5.07. The van der Waals surface area contributed by atoms with E-state index in [1.165, 1.54) is 18.4 Å². The minimum absolute atomic E-state index is 0.0325. The summed E-state index contributed by atoms with van der Waals surface area (Å²) in [5.74, 6) is -1.58. The SMILES string of the molecule is C[n+]1noc([O-])c1C(=O)CSc1nc(N)c(C#N)c(-c2cccs2)c1C#N. The van der Waals surface area contributed by atoms with E-state index in [1.807, 2.05) is 17.5 Å². The van der Waals surface area contributed by atoms with Crippen molar-refractivity contribution in [2.45, 2.75) is 5.03 Å². The van der Waals surface area contributed by atoms with Crippen LogP contribution in [0.5, 0.6) is 5.95 Å². The molecule has 0 amide bonds. The molecule has 0 saturated heterocycles. The van der Waals surface area contributed by atoms with Crippen LogP contribution in [0.25, 0.3) is 10.4 Å². The number of thioether (sulfide) groups is 1. The average Bonchev–Trinajstić information content (AvgIpc) is 3.29. The lowest BCUT2D eigenvalue weighted by Gasteiger charge is -2.11. The number of ketones is 1. The number of thiophene rings is 1. The number of aromatic nitrogens is 3. The maximum atomic E-state index is 12.3. The highest BCUT2D eigenvalue weighted by Crippen LogP contribution is 2.37. The van der Waals surface area contributed by atoms with Gasteiger partial charge in [0.25, 0.3) is 5.69 Å². The summed E-state index contributed by atoms with van der Waals surface area (Å²) in [6.07, 6.45) is 0. The fourth-order valence-corrected chi connectivity index (χ4v) is 4.02. The molecule has 0 aliphatic rings. The number of hydrogen-bond acceptors (Lipinski definition) is 10. The summed E-state index contributed by atoms with van der Waals surface area (Å²) < 4.78 is 5.49. The molecule has 0 atom stereocenters. The maximum Gasteiger partial charge on any atom is 0.300 e. The van der Waals surface area contributed by atoms with E-state index in [9.17, 15) is 20.4 Å². The van der Waals surface area contributed by atoms with Gasteiger partial charge >= 0.3 is 0 Å². The van der Waals surface area contributed by atoms with E-state index in [2.05, 4.69) is 14.8 Å². The fraction of sp³-hybridized carbons (Fsp3) is 0.125. The number of carbonyl (C=O) groups excluding carboxylic acids is 1. The van der Waals surface area contributed by atoms with Crippen LogP contribution in [0, 0.1) is 22.7 Å². The van der Waals surface area contributed by atoms with Crippen molar-refractivity contribution in [3.8, 4) is 28.5 Å². The molecule has 3 rings (SSSR count). The number of nitrogen functional groups attached to an aromatic ring is 1. The van der Waals surface area contributed by atoms with Crippen molar-refractivity contribution in [2.24, 2.45) is 7.05 Å². The number of rotatable bonds is 5. The smallest absolute Gasteiger partial charge is 0.300 e. The van der Waals surface area contributed by atoms with Crippen LogP contribution in [-0.4, -0.2) is 21.8 Å². The number of nitrogens with zero attached hydrogens (tertiary/aromatic N) is 5. The summed E-state index contributed by atoms with van der Waals surface area (Å²) in [5.41, 5.74) is 6.33. The van der Waals surface area contributed by atoms with Gasteiger partial charge in [0.05, 0.1) is 16.6 Å². The van der Waals surface area contributed by atoms with E-state index < -0.39 is 11.7 Å². The molecule has 9 nitrogen and oxygen atoms in total. The molecule has 27 heavy (non-hydrogen) atoms. The molecule has 0 aliphatic heterocycles. The van der Waals surface area contributed by atoms with Gasteiger partial charge in [-0.1, -0.05) is 22.5 Å². The Hall–Kier alpha value is -3.41. The van der Waals surface area contributed by atoms with Crippen molar-refractivity contribution in [3.05, 3.63) is 34.3 Å². The first kappa shape index (κ1) is 18.4. The minimum atomic E-state index is -0.838. The van der Waals surface area contributed by atoms with Crippen LogP contribution in [0.1, 0.15) is 21.6 Å². The minimum Gasteiger partial charge on any atom is -0.539 e. The number of nitriles is 2. The zero-order valence-electron chi connectivity index (χ0n) is 13.8. The number of Topliss-reactive ketones (excluding diaryl/α,β-unsaturated/α-hetero) is 1. The van der Waals surface area contributed by atoms with Crippen molar-refractivity contribution in [1.29, 1.82) is 10.5 Å². The molecule has 3 heterocycles. The van der Waals surface area contributed by atoms with Gasteiger partial charge in [-0.2, -0.15) is 10.5 Å². The zero-order chi connectivity index (χ0) is 19.6. The monoisotopic (exact) mass is 398 g/mol. The Morgan fingerprint density at radius 3 is 2.74 bits per heavy atom. The van der Waals surface area contributed by atoms with Crippen LogP contribution >= 0.6 is 23.1 Å². The maximum absolute atomic E-state index is 12.3. The van der Waals surface area contributed by atoms with Crippen LogP contribution in [0.2, 0.25) is 0 Å². The van der Waals surface area contributed by atoms with Gasteiger partial charge in [0.2, 0.25) is 5.78 Å². The van der Waals surface area contributed by atoms with Crippen molar-refractivity contribution in [2.75, 3.05) is 11.5 Å². The summed E-state index contributed by atoms with van der Waals surface area (Å²) in [6.45, 7) is 0. The first-order valence-corrected chi connectivity index (χ1v) is 9.21. The zero-order valence-corrected chi connectivity index (χ0v) is 15.4. The van der Waals surface area contributed by atoms with Gasteiger partial charge in [0.15, 0.2) is 13.0 Å². The number of carbonyl (C=O) groups is 1. The Morgan fingerprint density at radius 2 is 2.19 bits per heavy atom. The molecule has 0 saturated carbocycles. The van der Waals surface area contributed by atoms with Crippen molar-refractivity contribution >= 4 is 34.7 Å². The topological polar surface area (TPSA) is 157 Å². The van der Waals surface area contributed by atoms with Crippen LogP contribution in [0.15, 0.2) is 27.1 Å². The molecule has 3 aromatic rings. The normalized spacial score (nSPS) is 10.3. The lowest BCUT2D eigenvalue weighted by molar-refractivity contribution is -0.741. The van der Waals surface area contributed by atoms with Gasteiger partial charge in [-0.25, -0.2) is 4.98 Å². The fourth-order valence-electron chi connectivity index (χ4n) is 2.38. The predicted octanol–water partition coefficient (Wildman–Crippen LogP) is 0.997. The second-order valence-electron chi connectivity index (χ2n) is 5.17. The number of hydrogen-bond donors (Lipinski definition) is 1. The third kappa shape index (κ3) is 3.33. The summed E-state index contributed by atoms with van der Waals surface area (Å²) >= 11 is 2.30. The number of anilines is 1. The molecule has 0 aromatic carbocycles. The summed E-state index contributed by atoms with van der Waals surface area (Å²) in [4.78, 5) is 17.1. The van der Waals surface area contributed by atoms with Gasteiger partial charge in [0.1, 0.15) is 28.5 Å². The number of pyridine rings is 1. The lowest BCUT2D eigenvalue weighted by Crippen LogP contribution is -2.37. The van der Waals surface area contributed by atoms with Crippen LogP contribution in [0.3, 0.4) is 0 Å². The third-order valence-electron chi connectivity index (χ3n) is 3.55. The summed E-state index contributed by atoms with van der Waals surface area (Å²) in [6, 6.07) is 7.58. The Bertz CT molecular complexity index is 1090. The molecule has 2 N–H and O–H groups in total. The van der Waals surface area contributed by atoms with Gasteiger partial charge in [-0.15, -0.1) is 11.3 Å². The van der Waals surface area contributed by atoms with Gasteiger partial charge in [0, 0.05) is 10.4 Å². The molecule has 0 aliphatic carbocycles. The number of aryl methyl sites for hydroxylation is 1. The number of nitrogens with two attached hydrogens (primary N) is 1. The average molecular weight is 398 g/mol. The van der Waals surface area contributed by atoms with E-state index in [0.717, 1.165) is 16.4 Å². The molecular weight excluding hydrogens is 388 g/mol. The molecule has 3 aromatic heterocycles. The Balaban J connectivity index is 2.01. The highest BCUT2D eigenvalue weighted by Gasteiger charge is 2.25. The summed E-state index contributed by atoms with van der Waals surface area (Å²) in [5, 5.41) is 36.0. The molecule has 0 radical (unpaired) electrons. The quantitative estimate of drug-likeness (QED) is 0.376. The van der Waals surface area contributed by atoms with E-state index in [0.29, 0.717) is 10.4 Å². The Labute approximate surface area is 161 Å². The van der Waals surface area contributed by atoms with E-state index in [1.54, 1.807) is 12.1 Å². The molecular formula is C16H10N6O3S2. The molecule has 0 spiro atoms. The van der Waals surface area contributed by atoms with E-state index in [4.69, 9.17) is 5.73 Å². The van der Waals surface area contributed by atoms with Crippen LogP contribution < -0.4 is 15.5 Å². The first-order valence-electron chi connectivity index (χ1n) is 7.34. The third-order valence-corrected chi connectivity index (χ3v) is 5.41. The molecule has 0 bridgehead atoms. The molecule has 0 fully saturated rings. The molecule has 11 heteroatoms. The van der Waals surface area contributed by atoms with Gasteiger partial charge in [-0.3, -0.25) is 4.79 Å². The van der Waals surface area contributed by atoms with Gasteiger partial charge in [-0.05, 0) is 11.4 Å². The van der Waals surface area contributed by atoms with Crippen molar-refractivity contribution in [1.82, 2.24) is 10.3 Å². The van der Waals surface area contributed by atoms with Gasteiger partial charge < -0.3 is 15.4 Å². The highest BCUT2D eigenvalue weighted by molar-refractivity contribution is 8.00. The molecule has 0 unspecified atom stereocenters. The van der Waals surface area contributed by atoms with E-state index in [-0.39, 0.29) is 33.4 Å². The second-order valence-corrected chi connectivity index (χ2v) is 7.08. The van der Waals surface area contributed by atoms with Crippen LogP contribution in [0.4, 0.5) is 5.82 Å². The van der Waals surface area contributed by atoms with Crippen molar-refractivity contribution in [3.63, 3.8) is 0 Å². The predicted molar refractivity (Wildman–Crippen MR) is 93.6 cm³/mol. The van der Waals surface area contributed by atoms with E-state index >= 15 is 0 Å². The highest BCUT2D eigenvalue weighted by atomic mass is 32.2. The second kappa shape index (κ2) is 7.45. The standard InChI is InChI=1S/C16H10N6O3S2/c1-22-13(16(24)25-21-22)10(23)7-27-15-9(6-18)12(11-3-2-4-26-11)8(5-17)14(19)20-15/h2-4H,7H2,1H3,(H2-,19,20,21,23,24). The summed E-state index contributed by atoms with van der Waals surface area (Å²) in [7, 11) is 1.41.